The number of thioether (sulfide) groups is 1. The van der Waals surface area contributed by atoms with Gasteiger partial charge in [-0.25, -0.2) is 8.42 Å². The number of ether oxygens (including phenoxy) is 1. The molecule has 2 aliphatic rings. The number of amides is 3. The molecule has 0 saturated carbocycles. The Hall–Kier alpha value is -2.33. The lowest BCUT2D eigenvalue weighted by atomic mass is 10.2. The molecule has 0 radical (unpaired) electrons. The fourth-order valence-electron chi connectivity index (χ4n) is 2.81. The highest BCUT2D eigenvalue weighted by atomic mass is 32.2. The Morgan fingerprint density at radius 3 is 2.63 bits per heavy atom. The van der Waals surface area contributed by atoms with Crippen LogP contribution in [0.1, 0.15) is 12.0 Å². The first-order valence-corrected chi connectivity index (χ1v) is 10.8. The third-order valence-corrected chi connectivity index (χ3v) is 6.86. The Labute approximate surface area is 160 Å². The van der Waals surface area contributed by atoms with Crippen molar-refractivity contribution in [3.05, 3.63) is 34.7 Å². The fraction of sp³-hybridized carbons (Fsp3) is 0.353. The average molecular weight is 410 g/mol. The van der Waals surface area contributed by atoms with Gasteiger partial charge in [-0.3, -0.25) is 19.3 Å². The van der Waals surface area contributed by atoms with Gasteiger partial charge in [-0.15, -0.1) is 0 Å². The summed E-state index contributed by atoms with van der Waals surface area (Å²) in [7, 11) is -1.57. The van der Waals surface area contributed by atoms with Gasteiger partial charge in [0.25, 0.3) is 11.1 Å². The number of methoxy groups -OCH3 is 1. The molecule has 0 aromatic heterocycles. The van der Waals surface area contributed by atoms with Gasteiger partial charge >= 0.3 is 0 Å². The lowest BCUT2D eigenvalue weighted by Gasteiger charge is -2.15. The minimum atomic E-state index is -3.12. The van der Waals surface area contributed by atoms with Gasteiger partial charge in [-0.05, 0) is 42.0 Å². The van der Waals surface area contributed by atoms with Gasteiger partial charge in [0.05, 0.1) is 23.5 Å². The third-order valence-electron chi connectivity index (χ3n) is 4.19. The van der Waals surface area contributed by atoms with Gasteiger partial charge in [0.2, 0.25) is 5.91 Å². The summed E-state index contributed by atoms with van der Waals surface area (Å²) < 4.78 is 27.9. The molecule has 1 N–H and O–H groups in total. The van der Waals surface area contributed by atoms with E-state index in [1.807, 2.05) is 0 Å². The van der Waals surface area contributed by atoms with Gasteiger partial charge in [0.1, 0.15) is 12.3 Å². The smallest absolute Gasteiger partial charge is 0.294 e. The van der Waals surface area contributed by atoms with E-state index >= 15 is 0 Å². The second-order valence-electron chi connectivity index (χ2n) is 6.21. The van der Waals surface area contributed by atoms with E-state index < -0.39 is 39.5 Å². The summed E-state index contributed by atoms with van der Waals surface area (Å²) in [6, 6.07) is 6.50. The molecule has 2 fully saturated rings. The quantitative estimate of drug-likeness (QED) is 0.722. The molecule has 144 valence electrons. The highest BCUT2D eigenvalue weighted by Crippen LogP contribution is 2.32. The second-order valence-corrected chi connectivity index (χ2v) is 9.43. The predicted octanol–water partition coefficient (Wildman–Crippen LogP) is 1.03. The van der Waals surface area contributed by atoms with Crippen LogP contribution in [0.4, 0.5) is 4.79 Å². The zero-order valence-corrected chi connectivity index (χ0v) is 16.1. The molecular formula is C17H18N2O6S2. The largest absolute Gasteiger partial charge is 0.497 e. The van der Waals surface area contributed by atoms with Crippen molar-refractivity contribution in [1.29, 1.82) is 0 Å². The Morgan fingerprint density at radius 2 is 2.04 bits per heavy atom. The molecule has 2 heterocycles. The first kappa shape index (κ1) is 19.4. The molecule has 2 aliphatic heterocycles. The summed E-state index contributed by atoms with van der Waals surface area (Å²) in [5.41, 5.74) is 0.724. The van der Waals surface area contributed by atoms with E-state index in [-0.39, 0.29) is 16.4 Å². The van der Waals surface area contributed by atoms with E-state index in [4.69, 9.17) is 4.74 Å². The standard InChI is InChI=1S/C17H18N2O6S2/c1-25-13-4-2-11(3-5-13)8-14-16(21)19(17(22)26-14)9-15(20)18-12-6-7-27(23,24)10-12/h2-5,8,12H,6-7,9-10H2,1H3,(H,18,20)/b14-8-/t12-/m0/s1. The molecule has 0 bridgehead atoms. The van der Waals surface area contributed by atoms with Gasteiger partial charge < -0.3 is 10.1 Å². The Kier molecular flexibility index (Phi) is 5.56. The van der Waals surface area contributed by atoms with Gasteiger partial charge in [-0.1, -0.05) is 12.1 Å². The lowest BCUT2D eigenvalue weighted by Crippen LogP contribution is -2.43. The number of benzene rings is 1. The Morgan fingerprint density at radius 1 is 1.33 bits per heavy atom. The summed E-state index contributed by atoms with van der Waals surface area (Å²) in [5, 5.41) is 2.04. The summed E-state index contributed by atoms with van der Waals surface area (Å²) in [4.78, 5) is 37.7. The lowest BCUT2D eigenvalue weighted by molar-refractivity contribution is -0.129. The number of nitrogens with one attached hydrogen (secondary N) is 1. The van der Waals surface area contributed by atoms with Crippen molar-refractivity contribution in [1.82, 2.24) is 10.2 Å². The number of imide groups is 1. The number of hydrogen-bond donors (Lipinski definition) is 1. The zero-order chi connectivity index (χ0) is 19.6. The van der Waals surface area contributed by atoms with Crippen LogP contribution in [-0.4, -0.2) is 61.6 Å². The predicted molar refractivity (Wildman–Crippen MR) is 101 cm³/mol. The summed E-state index contributed by atoms with van der Waals surface area (Å²) in [5.74, 6) is -0.506. The van der Waals surface area contributed by atoms with Gasteiger partial charge in [-0.2, -0.15) is 0 Å². The monoisotopic (exact) mass is 410 g/mol. The number of carbonyl (C=O) groups excluding carboxylic acids is 3. The summed E-state index contributed by atoms with van der Waals surface area (Å²) in [6.45, 7) is -0.429. The van der Waals surface area contributed by atoms with Crippen LogP contribution in [0.15, 0.2) is 29.2 Å². The topological polar surface area (TPSA) is 110 Å². The molecule has 1 atom stereocenters. The van der Waals surface area contributed by atoms with E-state index in [2.05, 4.69) is 5.32 Å². The molecule has 27 heavy (non-hydrogen) atoms. The summed E-state index contributed by atoms with van der Waals surface area (Å²) >= 11 is 0.762. The van der Waals surface area contributed by atoms with Crippen LogP contribution in [0.5, 0.6) is 5.75 Å². The van der Waals surface area contributed by atoms with Crippen molar-refractivity contribution >= 4 is 44.7 Å². The Bertz CT molecular complexity index is 908. The van der Waals surface area contributed by atoms with Crippen molar-refractivity contribution in [3.8, 4) is 5.75 Å². The van der Waals surface area contributed by atoms with E-state index in [0.29, 0.717) is 12.2 Å². The minimum Gasteiger partial charge on any atom is -0.497 e. The number of rotatable bonds is 5. The van der Waals surface area contributed by atoms with Crippen LogP contribution >= 0.6 is 11.8 Å². The fourth-order valence-corrected chi connectivity index (χ4v) is 5.33. The van der Waals surface area contributed by atoms with E-state index in [1.165, 1.54) is 0 Å². The van der Waals surface area contributed by atoms with E-state index in [0.717, 1.165) is 22.2 Å². The maximum Gasteiger partial charge on any atom is 0.294 e. The van der Waals surface area contributed by atoms with Crippen molar-refractivity contribution in [2.45, 2.75) is 12.5 Å². The van der Waals surface area contributed by atoms with Crippen molar-refractivity contribution in [3.63, 3.8) is 0 Å². The molecular weight excluding hydrogens is 392 g/mol. The van der Waals surface area contributed by atoms with Gasteiger partial charge in [0.15, 0.2) is 9.84 Å². The number of nitrogens with zero attached hydrogens (tertiary/aromatic N) is 1. The summed E-state index contributed by atoms with van der Waals surface area (Å²) in [6.07, 6.45) is 1.92. The molecule has 10 heteroatoms. The SMILES string of the molecule is COc1ccc(/C=C2\SC(=O)N(CC(=O)N[C@H]3CCS(=O)(=O)C3)C2=O)cc1. The molecule has 2 saturated heterocycles. The first-order valence-electron chi connectivity index (χ1n) is 8.16. The molecule has 3 rings (SSSR count). The minimum absolute atomic E-state index is 0.0319. The van der Waals surface area contributed by atoms with Crippen LogP contribution in [0.3, 0.4) is 0 Å². The number of carbonyl (C=O) groups is 3. The van der Waals surface area contributed by atoms with Crippen molar-refractivity contribution in [2.75, 3.05) is 25.2 Å². The third kappa shape index (κ3) is 4.69. The average Bonchev–Trinajstić information content (AvgIpc) is 3.09. The molecule has 0 spiro atoms. The van der Waals surface area contributed by atoms with Crippen LogP contribution in [-0.2, 0) is 19.4 Å². The molecule has 8 nitrogen and oxygen atoms in total. The van der Waals surface area contributed by atoms with E-state index in [1.54, 1.807) is 37.5 Å². The normalized spacial score (nSPS) is 23.1. The van der Waals surface area contributed by atoms with Crippen LogP contribution < -0.4 is 10.1 Å². The number of hydrogen-bond acceptors (Lipinski definition) is 7. The van der Waals surface area contributed by atoms with Crippen molar-refractivity contribution < 1.29 is 27.5 Å². The van der Waals surface area contributed by atoms with Crippen LogP contribution in [0.25, 0.3) is 6.08 Å². The number of sulfone groups is 1. The molecule has 1 aromatic rings. The highest BCUT2D eigenvalue weighted by Gasteiger charge is 2.37. The van der Waals surface area contributed by atoms with Gasteiger partial charge in [0, 0.05) is 6.04 Å². The highest BCUT2D eigenvalue weighted by molar-refractivity contribution is 8.18. The molecule has 0 unspecified atom stereocenters. The molecule has 0 aliphatic carbocycles. The maximum atomic E-state index is 12.4. The van der Waals surface area contributed by atoms with Crippen LogP contribution in [0, 0.1) is 0 Å². The van der Waals surface area contributed by atoms with Crippen molar-refractivity contribution in [2.24, 2.45) is 0 Å². The first-order chi connectivity index (χ1) is 12.8. The van der Waals surface area contributed by atoms with Crippen LogP contribution in [0.2, 0.25) is 0 Å². The molecule has 1 aromatic carbocycles. The molecule has 3 amide bonds. The zero-order valence-electron chi connectivity index (χ0n) is 14.5. The maximum absolute atomic E-state index is 12.4. The Balaban J connectivity index is 1.63. The second kappa shape index (κ2) is 7.73. The van der Waals surface area contributed by atoms with E-state index in [9.17, 15) is 22.8 Å².